The molecule has 0 spiro atoms. The first-order chi connectivity index (χ1) is 18.9. The van der Waals surface area contributed by atoms with Crippen LogP contribution in [0.1, 0.15) is 40.9 Å². The predicted molar refractivity (Wildman–Crippen MR) is 145 cm³/mol. The quantitative estimate of drug-likeness (QED) is 0.498. The Kier molecular flexibility index (Phi) is 8.99. The second kappa shape index (κ2) is 12.3. The van der Waals surface area contributed by atoms with Gasteiger partial charge in [-0.15, -0.1) is 0 Å². The van der Waals surface area contributed by atoms with Crippen molar-refractivity contribution in [3.8, 4) is 0 Å². The predicted octanol–water partition coefficient (Wildman–Crippen LogP) is 4.22. The molecule has 0 radical (unpaired) electrons. The van der Waals surface area contributed by atoms with Crippen molar-refractivity contribution in [3.05, 3.63) is 75.7 Å². The summed E-state index contributed by atoms with van der Waals surface area (Å²) < 4.78 is 38.4. The van der Waals surface area contributed by atoms with Crippen molar-refractivity contribution in [3.63, 3.8) is 0 Å². The van der Waals surface area contributed by atoms with Crippen LogP contribution < -0.4 is 5.32 Å². The normalized spacial score (nSPS) is 17.7. The van der Waals surface area contributed by atoms with Crippen LogP contribution in [0.5, 0.6) is 0 Å². The van der Waals surface area contributed by atoms with Gasteiger partial charge in [0.25, 0.3) is 17.1 Å². The van der Waals surface area contributed by atoms with Gasteiger partial charge in [0, 0.05) is 37.8 Å². The number of benzene rings is 2. The SMILES string of the molecule is CC(C)NC(=O)CN1CCN(C(=O)c2ccc(/C=C3\SC(=O)N(Cc4ccc(C(F)(F)F)cc4)C3=O)cc2)CC1. The number of thioether (sulfide) groups is 1. The lowest BCUT2D eigenvalue weighted by Crippen LogP contribution is -2.51. The van der Waals surface area contributed by atoms with Crippen LogP contribution in [-0.2, 0) is 22.3 Å². The van der Waals surface area contributed by atoms with E-state index in [2.05, 4.69) is 5.32 Å². The third kappa shape index (κ3) is 7.30. The van der Waals surface area contributed by atoms with Crippen molar-refractivity contribution in [1.82, 2.24) is 20.0 Å². The Hall–Kier alpha value is -3.64. The van der Waals surface area contributed by atoms with E-state index in [-0.39, 0.29) is 29.3 Å². The zero-order valence-corrected chi connectivity index (χ0v) is 22.8. The Bertz CT molecular complexity index is 1300. The lowest BCUT2D eigenvalue weighted by Gasteiger charge is -2.34. The number of nitrogens with one attached hydrogen (secondary N) is 1. The van der Waals surface area contributed by atoms with Gasteiger partial charge in [-0.3, -0.25) is 29.0 Å². The minimum Gasteiger partial charge on any atom is -0.353 e. The maximum atomic E-state index is 13.0. The van der Waals surface area contributed by atoms with Crippen LogP contribution in [0.3, 0.4) is 0 Å². The van der Waals surface area contributed by atoms with Gasteiger partial charge in [-0.2, -0.15) is 13.2 Å². The zero-order valence-electron chi connectivity index (χ0n) is 22.0. The molecular formula is C28H29F3N4O4S. The van der Waals surface area contributed by atoms with E-state index in [1.54, 1.807) is 35.2 Å². The van der Waals surface area contributed by atoms with Gasteiger partial charge in [-0.05, 0) is 67.1 Å². The molecule has 40 heavy (non-hydrogen) atoms. The smallest absolute Gasteiger partial charge is 0.353 e. The lowest BCUT2D eigenvalue weighted by atomic mass is 10.1. The number of alkyl halides is 3. The number of hydrogen-bond acceptors (Lipinski definition) is 6. The van der Waals surface area contributed by atoms with Crippen molar-refractivity contribution in [2.24, 2.45) is 0 Å². The number of hydrogen-bond donors (Lipinski definition) is 1. The fraction of sp³-hybridized carbons (Fsp3) is 0.357. The van der Waals surface area contributed by atoms with E-state index in [0.29, 0.717) is 49.4 Å². The molecule has 2 saturated heterocycles. The van der Waals surface area contributed by atoms with Gasteiger partial charge in [0.15, 0.2) is 0 Å². The van der Waals surface area contributed by atoms with Crippen LogP contribution in [0.15, 0.2) is 53.4 Å². The molecule has 0 aliphatic carbocycles. The number of imide groups is 1. The highest BCUT2D eigenvalue weighted by molar-refractivity contribution is 8.18. The second-order valence-electron chi connectivity index (χ2n) is 9.88. The van der Waals surface area contributed by atoms with Crippen LogP contribution in [0.2, 0.25) is 0 Å². The van der Waals surface area contributed by atoms with Crippen molar-refractivity contribution >= 4 is 40.8 Å². The van der Waals surface area contributed by atoms with Crippen molar-refractivity contribution < 1.29 is 32.3 Å². The summed E-state index contributed by atoms with van der Waals surface area (Å²) in [5, 5.41) is 2.35. The fourth-order valence-corrected chi connectivity index (χ4v) is 5.19. The van der Waals surface area contributed by atoms with E-state index >= 15 is 0 Å². The Morgan fingerprint density at radius 3 is 2.17 bits per heavy atom. The summed E-state index contributed by atoms with van der Waals surface area (Å²) in [5.74, 6) is -0.701. The molecule has 2 fully saturated rings. The molecule has 0 unspecified atom stereocenters. The van der Waals surface area contributed by atoms with E-state index in [4.69, 9.17) is 0 Å². The Morgan fingerprint density at radius 2 is 1.60 bits per heavy atom. The molecule has 0 bridgehead atoms. The molecule has 4 rings (SSSR count). The third-order valence-electron chi connectivity index (χ3n) is 6.43. The number of nitrogens with zero attached hydrogens (tertiary/aromatic N) is 3. The average molecular weight is 575 g/mol. The molecule has 2 aromatic rings. The van der Waals surface area contributed by atoms with Gasteiger partial charge >= 0.3 is 6.18 Å². The van der Waals surface area contributed by atoms with E-state index in [0.717, 1.165) is 28.8 Å². The highest BCUT2D eigenvalue weighted by Gasteiger charge is 2.35. The molecule has 2 aliphatic heterocycles. The maximum absolute atomic E-state index is 13.0. The number of halogens is 3. The van der Waals surface area contributed by atoms with E-state index in [1.165, 1.54) is 12.1 Å². The molecule has 2 heterocycles. The minimum absolute atomic E-state index is 0.0391. The molecule has 212 valence electrons. The van der Waals surface area contributed by atoms with Crippen LogP contribution in [0.25, 0.3) is 6.08 Å². The van der Waals surface area contributed by atoms with Gasteiger partial charge < -0.3 is 10.2 Å². The van der Waals surface area contributed by atoms with Crippen LogP contribution in [0, 0.1) is 0 Å². The van der Waals surface area contributed by atoms with Crippen molar-refractivity contribution in [2.75, 3.05) is 32.7 Å². The van der Waals surface area contributed by atoms with E-state index in [1.807, 2.05) is 18.7 Å². The summed E-state index contributed by atoms with van der Waals surface area (Å²) in [7, 11) is 0. The molecule has 0 aromatic heterocycles. The summed E-state index contributed by atoms with van der Waals surface area (Å²) in [6, 6.07) is 11.1. The average Bonchev–Trinajstić information content (AvgIpc) is 3.15. The minimum atomic E-state index is -4.47. The number of amides is 4. The summed E-state index contributed by atoms with van der Waals surface area (Å²) in [4.78, 5) is 55.1. The first-order valence-corrected chi connectivity index (χ1v) is 13.5. The topological polar surface area (TPSA) is 90.0 Å². The van der Waals surface area contributed by atoms with Gasteiger partial charge in [0.1, 0.15) is 0 Å². The van der Waals surface area contributed by atoms with E-state index < -0.39 is 22.9 Å². The van der Waals surface area contributed by atoms with Crippen LogP contribution >= 0.6 is 11.8 Å². The summed E-state index contributed by atoms with van der Waals surface area (Å²) >= 11 is 0.754. The molecule has 12 heteroatoms. The van der Waals surface area contributed by atoms with Gasteiger partial charge in [-0.25, -0.2) is 0 Å². The zero-order chi connectivity index (χ0) is 29.0. The maximum Gasteiger partial charge on any atom is 0.416 e. The van der Waals surface area contributed by atoms with Gasteiger partial charge in [0.05, 0.1) is 23.6 Å². The molecule has 0 atom stereocenters. The number of piperazine rings is 1. The first kappa shape index (κ1) is 29.3. The Labute approximate surface area is 234 Å². The molecule has 8 nitrogen and oxygen atoms in total. The summed E-state index contributed by atoms with van der Waals surface area (Å²) in [5.41, 5.74) is 0.704. The molecule has 4 amide bonds. The fourth-order valence-electron chi connectivity index (χ4n) is 4.35. The second-order valence-corrected chi connectivity index (χ2v) is 10.9. The van der Waals surface area contributed by atoms with Crippen LogP contribution in [-0.4, -0.2) is 76.4 Å². The first-order valence-electron chi connectivity index (χ1n) is 12.7. The highest BCUT2D eigenvalue weighted by atomic mass is 32.2. The third-order valence-corrected chi connectivity index (χ3v) is 7.33. The summed E-state index contributed by atoms with van der Waals surface area (Å²) in [6.07, 6.45) is -2.92. The molecule has 2 aliphatic rings. The number of carbonyl (C=O) groups excluding carboxylic acids is 4. The number of carbonyl (C=O) groups is 4. The van der Waals surface area contributed by atoms with Gasteiger partial charge in [0.2, 0.25) is 5.91 Å². The molecular weight excluding hydrogens is 545 g/mol. The molecule has 0 saturated carbocycles. The molecule has 2 aromatic carbocycles. The van der Waals surface area contributed by atoms with Crippen molar-refractivity contribution in [1.29, 1.82) is 0 Å². The number of rotatable bonds is 7. The Morgan fingerprint density at radius 1 is 0.975 bits per heavy atom. The van der Waals surface area contributed by atoms with Crippen molar-refractivity contribution in [2.45, 2.75) is 32.6 Å². The Balaban J connectivity index is 1.33. The molecule has 1 N–H and O–H groups in total. The monoisotopic (exact) mass is 574 g/mol. The standard InChI is InChI=1S/C28H29F3N4O4S/c1-18(2)32-24(36)17-33-11-13-34(14-12-33)25(37)21-7-3-19(4-8-21)15-23-26(38)35(27(39)40-23)16-20-5-9-22(10-6-20)28(29,30)31/h3-10,15,18H,11-14,16-17H2,1-2H3,(H,32,36)/b23-15-. The van der Waals surface area contributed by atoms with E-state index in [9.17, 15) is 32.3 Å². The highest BCUT2D eigenvalue weighted by Crippen LogP contribution is 2.34. The lowest BCUT2D eigenvalue weighted by molar-refractivity contribution is -0.137. The van der Waals surface area contributed by atoms with Gasteiger partial charge in [-0.1, -0.05) is 24.3 Å². The van der Waals surface area contributed by atoms with Crippen LogP contribution in [0.4, 0.5) is 18.0 Å². The summed E-state index contributed by atoms with van der Waals surface area (Å²) in [6.45, 7) is 6.16. The largest absolute Gasteiger partial charge is 0.416 e.